The number of carboxylic acid groups (broad SMARTS) is 1. The Morgan fingerprint density at radius 1 is 1.52 bits per heavy atom. The van der Waals surface area contributed by atoms with Crippen LogP contribution in [-0.4, -0.2) is 39.5 Å². The van der Waals surface area contributed by atoms with Crippen molar-refractivity contribution in [3.05, 3.63) is 20.2 Å². The second kappa shape index (κ2) is 5.79. The van der Waals surface area contributed by atoms with Crippen molar-refractivity contribution in [1.29, 1.82) is 0 Å². The van der Waals surface area contributed by atoms with Gasteiger partial charge in [-0.2, -0.15) is 0 Å². The summed E-state index contributed by atoms with van der Waals surface area (Å²) in [7, 11) is -2.39. The van der Waals surface area contributed by atoms with Gasteiger partial charge in [-0.15, -0.1) is 16.4 Å². The van der Waals surface area contributed by atoms with E-state index in [-0.39, 0.29) is 21.1 Å². The second-order valence-corrected chi connectivity index (χ2v) is 7.48. The van der Waals surface area contributed by atoms with Gasteiger partial charge in [0.15, 0.2) is 4.60 Å². The predicted octanol–water partition coefficient (Wildman–Crippen LogP) is 0.519. The highest BCUT2D eigenvalue weighted by Crippen LogP contribution is 2.20. The lowest BCUT2D eigenvalue weighted by atomic mass is 10.4. The molecule has 0 saturated carbocycles. The van der Waals surface area contributed by atoms with E-state index in [1.54, 1.807) is 6.92 Å². The Bertz CT molecular complexity index is 778. The smallest absolute Gasteiger partial charge is 0.347 e. The summed E-state index contributed by atoms with van der Waals surface area (Å²) in [5.74, 6) is -1.09. The molecule has 0 atom stereocenters. The first-order valence-electron chi connectivity index (χ1n) is 5.47. The molecule has 2 heterocycles. The predicted molar refractivity (Wildman–Crippen MR) is 76.5 cm³/mol. The number of aromatic nitrogens is 4. The van der Waals surface area contributed by atoms with Gasteiger partial charge in [0.05, 0.1) is 12.2 Å². The number of thiazole rings is 1. The van der Waals surface area contributed by atoms with E-state index in [1.807, 2.05) is 0 Å². The van der Waals surface area contributed by atoms with Crippen LogP contribution >= 0.6 is 27.3 Å². The normalized spacial score (nSPS) is 11.8. The number of halogens is 1. The first-order chi connectivity index (χ1) is 9.72. The zero-order chi connectivity index (χ0) is 15.8. The molecule has 2 rings (SSSR count). The topological polar surface area (TPSA) is 127 Å². The highest BCUT2D eigenvalue weighted by atomic mass is 79.9. The van der Waals surface area contributed by atoms with Crippen LogP contribution in [0.25, 0.3) is 0 Å². The van der Waals surface area contributed by atoms with Crippen molar-refractivity contribution < 1.29 is 18.3 Å². The van der Waals surface area contributed by atoms with Crippen LogP contribution in [0.1, 0.15) is 20.4 Å². The van der Waals surface area contributed by atoms with Gasteiger partial charge < -0.3 is 5.11 Å². The molecular formula is C9H10BrN5O4S2. The average molecular weight is 396 g/mol. The third-order valence-corrected chi connectivity index (χ3v) is 5.87. The molecule has 2 aromatic rings. The Hall–Kier alpha value is -1.37. The summed E-state index contributed by atoms with van der Waals surface area (Å²) >= 11 is 3.94. The lowest BCUT2D eigenvalue weighted by molar-refractivity contribution is 0.0701. The van der Waals surface area contributed by atoms with Crippen LogP contribution in [0.15, 0.2) is 9.63 Å². The number of carbonyl (C=O) groups is 1. The fourth-order valence-electron chi connectivity index (χ4n) is 1.56. The van der Waals surface area contributed by atoms with E-state index in [4.69, 9.17) is 5.11 Å². The van der Waals surface area contributed by atoms with Crippen LogP contribution < -0.4 is 4.72 Å². The molecule has 0 aliphatic rings. The van der Waals surface area contributed by atoms with E-state index in [9.17, 15) is 13.2 Å². The summed E-state index contributed by atoms with van der Waals surface area (Å²) in [6.07, 6.45) is 0. The molecule has 0 unspecified atom stereocenters. The van der Waals surface area contributed by atoms with E-state index in [1.165, 1.54) is 7.05 Å². The van der Waals surface area contributed by atoms with Crippen molar-refractivity contribution >= 4 is 43.3 Å². The Morgan fingerprint density at radius 2 is 2.19 bits per heavy atom. The average Bonchev–Trinajstić information content (AvgIpc) is 2.91. The molecule has 114 valence electrons. The Labute approximate surface area is 132 Å². The number of hydrogen-bond donors (Lipinski definition) is 2. The van der Waals surface area contributed by atoms with Crippen molar-refractivity contribution in [2.75, 3.05) is 0 Å². The third kappa shape index (κ3) is 3.28. The minimum absolute atomic E-state index is 0.0904. The van der Waals surface area contributed by atoms with E-state index in [0.29, 0.717) is 10.7 Å². The van der Waals surface area contributed by atoms with Gasteiger partial charge in [0, 0.05) is 7.05 Å². The lowest BCUT2D eigenvalue weighted by Crippen LogP contribution is -2.25. The molecule has 0 bridgehead atoms. The summed E-state index contributed by atoms with van der Waals surface area (Å²) in [4.78, 5) is 15.0. The first-order valence-corrected chi connectivity index (χ1v) is 8.56. The highest BCUT2D eigenvalue weighted by molar-refractivity contribution is 9.10. The number of rotatable bonds is 5. The molecule has 0 amide bonds. The molecule has 21 heavy (non-hydrogen) atoms. The molecule has 0 aromatic carbocycles. The SMILES string of the molecule is Cc1nc(CNS(=O)(=O)c2c(Br)nnn2C)sc1C(=O)O. The standard InChI is InChI=1S/C9H10BrN5O4S2/c1-4-6(9(16)17)20-5(12-4)3-11-21(18,19)8-7(10)13-14-15(8)2/h11H,3H2,1-2H3,(H,16,17). The number of aromatic carboxylic acids is 1. The maximum absolute atomic E-state index is 12.2. The lowest BCUT2D eigenvalue weighted by Gasteiger charge is -2.04. The van der Waals surface area contributed by atoms with Gasteiger partial charge in [0.1, 0.15) is 9.88 Å². The molecule has 0 radical (unpaired) electrons. The highest BCUT2D eigenvalue weighted by Gasteiger charge is 2.24. The fraction of sp³-hybridized carbons (Fsp3) is 0.333. The zero-order valence-corrected chi connectivity index (χ0v) is 14.1. The Morgan fingerprint density at radius 3 is 2.67 bits per heavy atom. The van der Waals surface area contributed by atoms with Crippen molar-refractivity contribution in [1.82, 2.24) is 24.7 Å². The monoisotopic (exact) mass is 395 g/mol. The van der Waals surface area contributed by atoms with Gasteiger partial charge in [-0.05, 0) is 22.9 Å². The van der Waals surface area contributed by atoms with Gasteiger partial charge in [-0.1, -0.05) is 5.21 Å². The Balaban J connectivity index is 2.20. The van der Waals surface area contributed by atoms with Crippen molar-refractivity contribution in [3.63, 3.8) is 0 Å². The Kier molecular flexibility index (Phi) is 4.41. The van der Waals surface area contributed by atoms with Crippen molar-refractivity contribution in [2.45, 2.75) is 18.5 Å². The van der Waals surface area contributed by atoms with Crippen LogP contribution in [-0.2, 0) is 23.6 Å². The zero-order valence-electron chi connectivity index (χ0n) is 10.9. The molecule has 0 fully saturated rings. The van der Waals surface area contributed by atoms with Crippen molar-refractivity contribution in [3.8, 4) is 0 Å². The maximum Gasteiger partial charge on any atom is 0.347 e. The number of sulfonamides is 1. The number of aryl methyl sites for hydroxylation is 2. The van der Waals surface area contributed by atoms with Gasteiger partial charge in [-0.25, -0.2) is 27.6 Å². The summed E-state index contributed by atoms with van der Waals surface area (Å²) < 4.78 is 27.8. The molecule has 12 heteroatoms. The van der Waals surface area contributed by atoms with Gasteiger partial charge >= 0.3 is 5.97 Å². The third-order valence-electron chi connectivity index (χ3n) is 2.44. The van der Waals surface area contributed by atoms with Crippen LogP contribution in [0.2, 0.25) is 0 Å². The molecule has 0 spiro atoms. The van der Waals surface area contributed by atoms with Crippen LogP contribution in [0.4, 0.5) is 0 Å². The first kappa shape index (κ1) is 16.0. The van der Waals surface area contributed by atoms with Gasteiger partial charge in [-0.3, -0.25) is 0 Å². The summed E-state index contributed by atoms with van der Waals surface area (Å²) in [6.45, 7) is 1.44. The second-order valence-electron chi connectivity index (χ2n) is 3.96. The van der Waals surface area contributed by atoms with E-state index < -0.39 is 16.0 Å². The minimum atomic E-state index is -3.84. The van der Waals surface area contributed by atoms with Crippen molar-refractivity contribution in [2.24, 2.45) is 7.05 Å². The quantitative estimate of drug-likeness (QED) is 0.754. The summed E-state index contributed by atoms with van der Waals surface area (Å²) in [5.41, 5.74) is 0.352. The minimum Gasteiger partial charge on any atom is -0.477 e. The number of carboxylic acids is 1. The number of nitrogens with one attached hydrogen (secondary N) is 1. The molecule has 0 aliphatic carbocycles. The van der Waals surface area contributed by atoms with Gasteiger partial charge in [0.2, 0.25) is 5.03 Å². The number of hydrogen-bond acceptors (Lipinski definition) is 7. The molecule has 0 saturated heterocycles. The molecule has 2 N–H and O–H groups in total. The maximum atomic E-state index is 12.2. The summed E-state index contributed by atoms with van der Waals surface area (Å²) in [6, 6.07) is 0. The molecule has 0 aliphatic heterocycles. The summed E-state index contributed by atoms with van der Waals surface area (Å²) in [5, 5.41) is 16.4. The van der Waals surface area contributed by atoms with Crippen LogP contribution in [0, 0.1) is 6.92 Å². The number of nitrogens with zero attached hydrogens (tertiary/aromatic N) is 4. The van der Waals surface area contributed by atoms with E-state index in [2.05, 4.69) is 35.9 Å². The van der Waals surface area contributed by atoms with Gasteiger partial charge in [0.25, 0.3) is 10.0 Å². The van der Waals surface area contributed by atoms with E-state index >= 15 is 0 Å². The largest absolute Gasteiger partial charge is 0.477 e. The molecule has 9 nitrogen and oxygen atoms in total. The van der Waals surface area contributed by atoms with Crippen LogP contribution in [0.3, 0.4) is 0 Å². The molecule has 2 aromatic heterocycles. The molecular weight excluding hydrogens is 386 g/mol. The fourth-order valence-corrected chi connectivity index (χ4v) is 4.57. The van der Waals surface area contributed by atoms with Crippen LogP contribution in [0.5, 0.6) is 0 Å². The van der Waals surface area contributed by atoms with E-state index in [0.717, 1.165) is 16.0 Å².